The van der Waals surface area contributed by atoms with E-state index in [0.717, 1.165) is 44.8 Å². The molecule has 0 saturated heterocycles. The first kappa shape index (κ1) is 13.9. The zero-order valence-electron chi connectivity index (χ0n) is 13.5. The average molecular weight is 326 g/mol. The maximum Gasteiger partial charge on any atom is 0.153 e. The molecule has 0 aliphatic heterocycles. The molecule has 0 unspecified atom stereocenters. The molecule has 5 aromatic rings. The Labute approximate surface area is 143 Å². The van der Waals surface area contributed by atoms with Gasteiger partial charge in [0, 0.05) is 58.8 Å². The van der Waals surface area contributed by atoms with Crippen molar-refractivity contribution in [3.8, 4) is 22.4 Å². The van der Waals surface area contributed by atoms with Crippen LogP contribution in [0.3, 0.4) is 0 Å². The van der Waals surface area contributed by atoms with Crippen LogP contribution >= 0.6 is 0 Å². The third-order valence-corrected chi connectivity index (χ3v) is 4.38. The average Bonchev–Trinajstić information content (AvgIpc) is 3.27. The van der Waals surface area contributed by atoms with Crippen LogP contribution in [-0.4, -0.2) is 29.5 Å². The monoisotopic (exact) mass is 326 g/mol. The quantitative estimate of drug-likeness (QED) is 0.537. The molecule has 0 aliphatic rings. The van der Waals surface area contributed by atoms with Crippen molar-refractivity contribution in [1.29, 1.82) is 0 Å². The first-order chi connectivity index (χ1) is 12.3. The molecule has 0 saturated carbocycles. The zero-order valence-corrected chi connectivity index (χ0v) is 13.5. The minimum Gasteiger partial charge on any atom is -0.345 e. The predicted molar refractivity (Wildman–Crippen MR) is 96.0 cm³/mol. The number of nitrogens with zero attached hydrogens (tertiary/aromatic N) is 5. The topological polar surface area (TPSA) is 71.8 Å². The highest BCUT2D eigenvalue weighted by atomic mass is 15.2. The first-order valence-electron chi connectivity index (χ1n) is 7.99. The van der Waals surface area contributed by atoms with Crippen LogP contribution in [-0.2, 0) is 0 Å². The molecule has 0 spiro atoms. The standard InChI is InChI=1S/C19H14N6/c1-12-14(3-2-6-20-12)13-9-15-16(11-23-19(15)22-10-13)17-4-5-18-21-7-8-25(18)24-17/h2-11H,1H3,(H,22,23). The van der Waals surface area contributed by atoms with Gasteiger partial charge < -0.3 is 4.98 Å². The lowest BCUT2D eigenvalue weighted by molar-refractivity contribution is 0.943. The summed E-state index contributed by atoms with van der Waals surface area (Å²) in [6.07, 6.45) is 9.21. The maximum atomic E-state index is 4.64. The van der Waals surface area contributed by atoms with E-state index < -0.39 is 0 Å². The highest BCUT2D eigenvalue weighted by molar-refractivity contribution is 5.95. The number of fused-ring (bicyclic) bond motifs is 2. The third-order valence-electron chi connectivity index (χ3n) is 4.38. The van der Waals surface area contributed by atoms with Gasteiger partial charge >= 0.3 is 0 Å². The second kappa shape index (κ2) is 5.24. The number of H-pyrrole nitrogens is 1. The molecule has 5 aromatic heterocycles. The molecule has 0 atom stereocenters. The van der Waals surface area contributed by atoms with Crippen molar-refractivity contribution >= 4 is 16.7 Å². The SMILES string of the molecule is Cc1ncccc1-c1cnc2[nH]cc(-c3ccc4nccn4n3)c2c1. The summed E-state index contributed by atoms with van der Waals surface area (Å²) in [6, 6.07) is 10.1. The maximum absolute atomic E-state index is 4.64. The molecular formula is C19H14N6. The Balaban J connectivity index is 1.71. The lowest BCUT2D eigenvalue weighted by Gasteiger charge is -2.05. The van der Waals surface area contributed by atoms with E-state index in [1.807, 2.05) is 43.7 Å². The molecule has 6 nitrogen and oxygen atoms in total. The molecule has 1 N–H and O–H groups in total. The number of aromatic nitrogens is 6. The van der Waals surface area contributed by atoms with Gasteiger partial charge in [-0.3, -0.25) is 4.98 Å². The van der Waals surface area contributed by atoms with Gasteiger partial charge in [-0.05, 0) is 31.2 Å². The van der Waals surface area contributed by atoms with E-state index >= 15 is 0 Å². The molecule has 0 bridgehead atoms. The van der Waals surface area contributed by atoms with Crippen molar-refractivity contribution in [2.45, 2.75) is 6.92 Å². The van der Waals surface area contributed by atoms with Crippen LogP contribution in [0.2, 0.25) is 0 Å². The van der Waals surface area contributed by atoms with Crippen LogP contribution in [0.1, 0.15) is 5.69 Å². The smallest absolute Gasteiger partial charge is 0.153 e. The Morgan fingerprint density at radius 1 is 1.00 bits per heavy atom. The summed E-state index contributed by atoms with van der Waals surface area (Å²) >= 11 is 0. The van der Waals surface area contributed by atoms with Gasteiger partial charge in [0.25, 0.3) is 0 Å². The van der Waals surface area contributed by atoms with E-state index in [2.05, 4.69) is 37.2 Å². The second-order valence-corrected chi connectivity index (χ2v) is 5.91. The van der Waals surface area contributed by atoms with Gasteiger partial charge in [0.2, 0.25) is 0 Å². The zero-order chi connectivity index (χ0) is 16.8. The van der Waals surface area contributed by atoms with Crippen molar-refractivity contribution in [3.05, 3.63) is 67.0 Å². The summed E-state index contributed by atoms with van der Waals surface area (Å²) in [5, 5.41) is 5.68. The number of aryl methyl sites for hydroxylation is 1. The minimum atomic E-state index is 0.827. The fourth-order valence-corrected chi connectivity index (χ4v) is 3.11. The van der Waals surface area contributed by atoms with E-state index in [4.69, 9.17) is 0 Å². The summed E-state index contributed by atoms with van der Waals surface area (Å²) in [5.41, 5.74) is 6.67. The summed E-state index contributed by atoms with van der Waals surface area (Å²) in [6.45, 7) is 2.01. The first-order valence-corrected chi connectivity index (χ1v) is 7.99. The number of pyridine rings is 2. The van der Waals surface area contributed by atoms with Crippen molar-refractivity contribution in [2.24, 2.45) is 0 Å². The van der Waals surface area contributed by atoms with Gasteiger partial charge in [0.05, 0.1) is 5.69 Å². The lowest BCUT2D eigenvalue weighted by atomic mass is 10.0. The van der Waals surface area contributed by atoms with Crippen molar-refractivity contribution < 1.29 is 0 Å². The Hall–Kier alpha value is -3.54. The Kier molecular flexibility index (Phi) is 2.90. The number of rotatable bonds is 2. The summed E-state index contributed by atoms with van der Waals surface area (Å²) < 4.78 is 1.77. The molecule has 5 heterocycles. The van der Waals surface area contributed by atoms with Crippen LogP contribution in [0, 0.1) is 6.92 Å². The minimum absolute atomic E-state index is 0.827. The number of aromatic amines is 1. The van der Waals surface area contributed by atoms with Gasteiger partial charge in [-0.25, -0.2) is 14.5 Å². The Morgan fingerprint density at radius 2 is 1.96 bits per heavy atom. The highest BCUT2D eigenvalue weighted by Gasteiger charge is 2.12. The summed E-state index contributed by atoms with van der Waals surface area (Å²) in [7, 11) is 0. The van der Waals surface area contributed by atoms with Crippen molar-refractivity contribution in [3.63, 3.8) is 0 Å². The molecule has 0 amide bonds. The van der Waals surface area contributed by atoms with Crippen LogP contribution in [0.15, 0.2) is 61.3 Å². The number of nitrogens with one attached hydrogen (secondary N) is 1. The molecule has 0 radical (unpaired) electrons. The molecule has 0 aliphatic carbocycles. The summed E-state index contributed by atoms with van der Waals surface area (Å²) in [5.74, 6) is 0. The van der Waals surface area contributed by atoms with E-state index in [1.54, 1.807) is 16.9 Å². The van der Waals surface area contributed by atoms with Crippen LogP contribution in [0.5, 0.6) is 0 Å². The third kappa shape index (κ3) is 2.19. The van der Waals surface area contributed by atoms with Gasteiger partial charge in [-0.1, -0.05) is 6.07 Å². The fourth-order valence-electron chi connectivity index (χ4n) is 3.11. The summed E-state index contributed by atoms with van der Waals surface area (Å²) in [4.78, 5) is 16.4. The molecule has 120 valence electrons. The van der Waals surface area contributed by atoms with Gasteiger partial charge in [0.1, 0.15) is 5.65 Å². The van der Waals surface area contributed by atoms with Gasteiger partial charge in [0.15, 0.2) is 5.65 Å². The van der Waals surface area contributed by atoms with E-state index in [-0.39, 0.29) is 0 Å². The number of hydrogen-bond acceptors (Lipinski definition) is 4. The molecule has 5 rings (SSSR count). The Morgan fingerprint density at radius 3 is 2.88 bits per heavy atom. The molecule has 6 heteroatoms. The molecule has 0 fully saturated rings. The van der Waals surface area contributed by atoms with E-state index in [1.165, 1.54) is 0 Å². The highest BCUT2D eigenvalue weighted by Crippen LogP contribution is 2.30. The van der Waals surface area contributed by atoms with Gasteiger partial charge in [-0.2, -0.15) is 5.10 Å². The fraction of sp³-hybridized carbons (Fsp3) is 0.0526. The normalized spacial score (nSPS) is 11.4. The predicted octanol–water partition coefficient (Wildman–Crippen LogP) is 3.64. The van der Waals surface area contributed by atoms with Crippen LogP contribution in [0.4, 0.5) is 0 Å². The molecular weight excluding hydrogens is 312 g/mol. The molecule has 0 aromatic carbocycles. The van der Waals surface area contributed by atoms with Crippen LogP contribution < -0.4 is 0 Å². The van der Waals surface area contributed by atoms with Gasteiger partial charge in [-0.15, -0.1) is 0 Å². The van der Waals surface area contributed by atoms with E-state index in [0.29, 0.717) is 0 Å². The Bertz CT molecular complexity index is 1220. The van der Waals surface area contributed by atoms with Crippen molar-refractivity contribution in [1.82, 2.24) is 29.5 Å². The second-order valence-electron chi connectivity index (χ2n) is 5.91. The van der Waals surface area contributed by atoms with Crippen molar-refractivity contribution in [2.75, 3.05) is 0 Å². The number of imidazole rings is 1. The number of hydrogen-bond donors (Lipinski definition) is 1. The lowest BCUT2D eigenvalue weighted by Crippen LogP contribution is -1.93. The molecule has 25 heavy (non-hydrogen) atoms. The largest absolute Gasteiger partial charge is 0.345 e. The van der Waals surface area contributed by atoms with Crippen LogP contribution in [0.25, 0.3) is 39.1 Å². The van der Waals surface area contributed by atoms with E-state index in [9.17, 15) is 0 Å².